The van der Waals surface area contributed by atoms with Crippen LogP contribution in [0.15, 0.2) is 192 Å². The summed E-state index contributed by atoms with van der Waals surface area (Å²) in [5, 5.41) is 11.4. The predicted octanol–water partition coefficient (Wildman–Crippen LogP) is 14.2. The van der Waals surface area contributed by atoms with E-state index in [0.717, 1.165) is 93.3 Å². The maximum Gasteiger partial charge on any atom is 0.164 e. The Morgan fingerprint density at radius 2 is 0.869 bits per heavy atom. The highest BCUT2D eigenvalue weighted by atomic mass is 16.3. The second kappa shape index (κ2) is 12.1. The van der Waals surface area contributed by atoms with Crippen molar-refractivity contribution in [1.82, 2.24) is 23.8 Å². The van der Waals surface area contributed by atoms with Gasteiger partial charge in [-0.05, 0) is 47.2 Å². The maximum atomic E-state index is 6.96. The highest BCUT2D eigenvalue weighted by molar-refractivity contribution is 6.31. The van der Waals surface area contributed by atoms with Crippen LogP contribution in [0, 0.1) is 0 Å². The molecule has 0 amide bonds. The fraction of sp³-hybridized carbons (Fsp3) is 0. The van der Waals surface area contributed by atoms with Crippen molar-refractivity contribution in [2.45, 2.75) is 0 Å². The maximum absolute atomic E-state index is 6.96. The zero-order valence-corrected chi connectivity index (χ0v) is 32.5. The lowest BCUT2D eigenvalue weighted by molar-refractivity contribution is 0.673. The minimum absolute atomic E-state index is 0.622. The van der Waals surface area contributed by atoms with E-state index in [1.54, 1.807) is 0 Å². The number of nitrogens with zero attached hydrogens (tertiary/aromatic N) is 5. The average Bonchev–Trinajstić information content (AvgIpc) is 3.99. The second-order valence-electron chi connectivity index (χ2n) is 15.9. The average molecular weight is 778 g/mol. The van der Waals surface area contributed by atoms with Gasteiger partial charge in [-0.25, -0.2) is 15.0 Å². The number of hydrogen-bond acceptors (Lipinski definition) is 4. The Labute approximate surface area is 347 Å². The van der Waals surface area contributed by atoms with Gasteiger partial charge in [-0.2, -0.15) is 0 Å². The SMILES string of the molecule is c1ccc(-c2nc(-c3ccccc3)nc(-c3cccc4c3c3cccc5c6c7oc8ccccc8c7ccc6n6c7ccc8ccccc8c7c7cccc(c76)n4c35)n2)cc1. The molecule has 0 bridgehead atoms. The smallest absolute Gasteiger partial charge is 0.164 e. The van der Waals surface area contributed by atoms with Crippen molar-refractivity contribution in [1.29, 1.82) is 0 Å². The molecule has 0 spiro atoms. The summed E-state index contributed by atoms with van der Waals surface area (Å²) >= 11 is 0. The lowest BCUT2D eigenvalue weighted by Crippen LogP contribution is -2.00. The predicted molar refractivity (Wildman–Crippen MR) is 250 cm³/mol. The fourth-order valence-electron chi connectivity index (χ4n) is 10.2. The Kier molecular flexibility index (Phi) is 6.46. The summed E-state index contributed by atoms with van der Waals surface area (Å²) in [6.45, 7) is 0. The van der Waals surface area contributed by atoms with Crippen LogP contribution in [0.3, 0.4) is 0 Å². The number of aromatic nitrogens is 5. The molecule has 61 heavy (non-hydrogen) atoms. The first-order valence-electron chi connectivity index (χ1n) is 20.6. The van der Waals surface area contributed by atoms with E-state index in [4.69, 9.17) is 19.4 Å². The van der Waals surface area contributed by atoms with Crippen LogP contribution in [-0.2, 0) is 0 Å². The van der Waals surface area contributed by atoms with Crippen LogP contribution < -0.4 is 0 Å². The molecule has 5 heterocycles. The van der Waals surface area contributed by atoms with Gasteiger partial charge in [-0.15, -0.1) is 0 Å². The Balaban J connectivity index is 1.23. The minimum Gasteiger partial charge on any atom is -0.455 e. The zero-order valence-electron chi connectivity index (χ0n) is 32.5. The molecule has 0 fully saturated rings. The first kappa shape index (κ1) is 32.6. The molecule has 0 saturated heterocycles. The van der Waals surface area contributed by atoms with Crippen LogP contribution in [0.2, 0.25) is 0 Å². The molecule has 6 heteroatoms. The first-order chi connectivity index (χ1) is 30.3. The lowest BCUT2D eigenvalue weighted by atomic mass is 10.0. The van der Waals surface area contributed by atoms with Gasteiger partial charge in [-0.1, -0.05) is 152 Å². The molecule has 9 aromatic carbocycles. The van der Waals surface area contributed by atoms with Crippen LogP contribution in [0.4, 0.5) is 0 Å². The molecule has 5 aromatic heterocycles. The van der Waals surface area contributed by atoms with Crippen molar-refractivity contribution >= 4 is 98.1 Å². The summed E-state index contributed by atoms with van der Waals surface area (Å²) in [5.74, 6) is 1.88. The molecule has 282 valence electrons. The third-order valence-electron chi connectivity index (χ3n) is 12.7. The molecule has 0 unspecified atom stereocenters. The monoisotopic (exact) mass is 777 g/mol. The summed E-state index contributed by atoms with van der Waals surface area (Å²) in [5.41, 5.74) is 11.2. The summed E-state index contributed by atoms with van der Waals surface area (Å²) in [4.78, 5) is 15.5. The number of benzene rings is 9. The van der Waals surface area contributed by atoms with Gasteiger partial charge in [0.1, 0.15) is 11.2 Å². The molecule has 14 rings (SSSR count). The summed E-state index contributed by atoms with van der Waals surface area (Å²) in [7, 11) is 0. The van der Waals surface area contributed by atoms with Crippen LogP contribution in [0.25, 0.3) is 132 Å². The number of para-hydroxylation sites is 3. The van der Waals surface area contributed by atoms with Crippen LogP contribution >= 0.6 is 0 Å². The van der Waals surface area contributed by atoms with Crippen LogP contribution in [-0.4, -0.2) is 23.8 Å². The molecule has 0 saturated carbocycles. The van der Waals surface area contributed by atoms with Crippen molar-refractivity contribution in [3.63, 3.8) is 0 Å². The molecular weight excluding hydrogens is 747 g/mol. The van der Waals surface area contributed by atoms with E-state index in [9.17, 15) is 0 Å². The van der Waals surface area contributed by atoms with E-state index in [-0.39, 0.29) is 0 Å². The standard InChI is InChI=1S/C55H31N5O/c1-3-15-33(16-4-1)53-56-54(34-17-5-2-6-18-34)58-55(57-53)41-24-13-25-42-48(41)38-21-11-22-40-49-44(31-29-37-36-20-9-10-27-46(36)61-52(37)49)59-43-30-28-32-14-7-8-19-35(32)47(43)39-23-12-26-45(51(39)59)60(42)50(38)40/h1-31H. The normalized spacial score (nSPS) is 12.3. The van der Waals surface area contributed by atoms with Gasteiger partial charge in [0.25, 0.3) is 0 Å². The van der Waals surface area contributed by atoms with Crippen molar-refractivity contribution in [2.24, 2.45) is 0 Å². The van der Waals surface area contributed by atoms with Gasteiger partial charge in [0.2, 0.25) is 0 Å². The molecular formula is C55H31N5O. The van der Waals surface area contributed by atoms with Crippen LogP contribution in [0.1, 0.15) is 0 Å². The van der Waals surface area contributed by atoms with Gasteiger partial charge >= 0.3 is 0 Å². The second-order valence-corrected chi connectivity index (χ2v) is 15.9. The van der Waals surface area contributed by atoms with E-state index in [1.165, 1.54) is 21.5 Å². The topological polar surface area (TPSA) is 60.6 Å². The van der Waals surface area contributed by atoms with Crippen molar-refractivity contribution < 1.29 is 4.42 Å². The van der Waals surface area contributed by atoms with Gasteiger partial charge in [0.15, 0.2) is 17.5 Å². The van der Waals surface area contributed by atoms with E-state index >= 15 is 0 Å². The first-order valence-corrected chi connectivity index (χ1v) is 20.6. The third kappa shape index (κ3) is 4.42. The van der Waals surface area contributed by atoms with Crippen molar-refractivity contribution in [2.75, 3.05) is 0 Å². The van der Waals surface area contributed by atoms with E-state index in [0.29, 0.717) is 17.5 Å². The van der Waals surface area contributed by atoms with Gasteiger partial charge in [0.05, 0.1) is 38.5 Å². The summed E-state index contributed by atoms with van der Waals surface area (Å²) < 4.78 is 11.9. The number of hydrogen-bond donors (Lipinski definition) is 0. The fourth-order valence-corrected chi connectivity index (χ4v) is 10.2. The summed E-state index contributed by atoms with van der Waals surface area (Å²) in [6.07, 6.45) is 0. The number of fused-ring (bicyclic) bond motifs is 16. The molecule has 0 radical (unpaired) electrons. The van der Waals surface area contributed by atoms with Gasteiger partial charge < -0.3 is 13.2 Å². The highest BCUT2D eigenvalue weighted by Crippen LogP contribution is 2.46. The third-order valence-corrected chi connectivity index (χ3v) is 12.7. The molecule has 14 aromatic rings. The molecule has 6 nitrogen and oxygen atoms in total. The lowest BCUT2D eigenvalue weighted by Gasteiger charge is -2.11. The molecule has 0 aliphatic heterocycles. The molecule has 0 aliphatic rings. The Hall–Kier alpha value is -8.35. The zero-order chi connectivity index (χ0) is 39.8. The van der Waals surface area contributed by atoms with E-state index in [1.807, 2.05) is 42.5 Å². The van der Waals surface area contributed by atoms with E-state index < -0.39 is 0 Å². The summed E-state index contributed by atoms with van der Waals surface area (Å²) in [6, 6.07) is 66.6. The Bertz CT molecular complexity index is 4100. The molecule has 0 N–H and O–H groups in total. The largest absolute Gasteiger partial charge is 0.455 e. The van der Waals surface area contributed by atoms with Crippen LogP contribution in [0.5, 0.6) is 0 Å². The quantitative estimate of drug-likeness (QED) is 0.179. The Morgan fingerprint density at radius 1 is 0.328 bits per heavy atom. The Morgan fingerprint density at radius 3 is 1.66 bits per heavy atom. The van der Waals surface area contributed by atoms with E-state index in [2.05, 4.69) is 154 Å². The number of rotatable bonds is 3. The van der Waals surface area contributed by atoms with Crippen molar-refractivity contribution in [3.05, 3.63) is 188 Å². The van der Waals surface area contributed by atoms with Crippen molar-refractivity contribution in [3.8, 4) is 34.2 Å². The molecule has 0 aliphatic carbocycles. The number of furan rings is 1. The molecule has 0 atom stereocenters. The minimum atomic E-state index is 0.622. The highest BCUT2D eigenvalue weighted by Gasteiger charge is 2.24. The van der Waals surface area contributed by atoms with Gasteiger partial charge in [-0.3, -0.25) is 0 Å². The van der Waals surface area contributed by atoms with Gasteiger partial charge in [0, 0.05) is 54.4 Å².